The lowest BCUT2D eigenvalue weighted by Gasteiger charge is -2.33. The molecule has 0 radical (unpaired) electrons. The van der Waals surface area contributed by atoms with Crippen molar-refractivity contribution in [2.45, 2.75) is 27.2 Å². The summed E-state index contributed by atoms with van der Waals surface area (Å²) in [6.07, 6.45) is 3.06. The van der Waals surface area contributed by atoms with Crippen LogP contribution in [0.1, 0.15) is 26.3 Å². The standard InChI is InChI=1S/C12H19N3.C2H6/c1-3-11-4-5-12(13-10-11)15-8-6-14(2)7-9-15;1-2/h4-5,10H,3,6-9H2,1-2H3;1-2H3. The van der Waals surface area contributed by atoms with Crippen molar-refractivity contribution in [1.29, 1.82) is 0 Å². The van der Waals surface area contributed by atoms with Crippen LogP contribution in [0.3, 0.4) is 0 Å². The smallest absolute Gasteiger partial charge is 0.128 e. The van der Waals surface area contributed by atoms with E-state index >= 15 is 0 Å². The van der Waals surface area contributed by atoms with E-state index < -0.39 is 0 Å². The lowest BCUT2D eigenvalue weighted by molar-refractivity contribution is 0.312. The molecule has 0 atom stereocenters. The minimum atomic E-state index is 1.07. The molecular weight excluding hydrogens is 210 g/mol. The fourth-order valence-corrected chi connectivity index (χ4v) is 1.85. The second-order valence-electron chi connectivity index (χ2n) is 4.17. The Morgan fingerprint density at radius 1 is 1.12 bits per heavy atom. The van der Waals surface area contributed by atoms with Gasteiger partial charge in [-0.05, 0) is 25.1 Å². The molecule has 1 aliphatic heterocycles. The molecule has 1 aromatic heterocycles. The highest BCUT2D eigenvalue weighted by molar-refractivity contribution is 5.39. The quantitative estimate of drug-likeness (QED) is 0.785. The van der Waals surface area contributed by atoms with Crippen LogP contribution >= 0.6 is 0 Å². The molecule has 0 unspecified atom stereocenters. The van der Waals surface area contributed by atoms with Gasteiger partial charge in [-0.15, -0.1) is 0 Å². The van der Waals surface area contributed by atoms with Crippen LogP contribution in [0.5, 0.6) is 0 Å². The van der Waals surface area contributed by atoms with E-state index in [4.69, 9.17) is 0 Å². The number of anilines is 1. The van der Waals surface area contributed by atoms with Gasteiger partial charge in [-0.2, -0.15) is 0 Å². The summed E-state index contributed by atoms with van der Waals surface area (Å²) in [6, 6.07) is 4.32. The van der Waals surface area contributed by atoms with Crippen LogP contribution in [0.15, 0.2) is 18.3 Å². The average molecular weight is 235 g/mol. The van der Waals surface area contributed by atoms with Gasteiger partial charge in [0.2, 0.25) is 0 Å². The van der Waals surface area contributed by atoms with Crippen molar-refractivity contribution < 1.29 is 0 Å². The zero-order valence-electron chi connectivity index (χ0n) is 11.6. The van der Waals surface area contributed by atoms with Gasteiger partial charge in [0, 0.05) is 32.4 Å². The molecule has 1 fully saturated rings. The summed E-state index contributed by atoms with van der Waals surface area (Å²) in [6.45, 7) is 10.6. The second-order valence-corrected chi connectivity index (χ2v) is 4.17. The van der Waals surface area contributed by atoms with E-state index in [1.807, 2.05) is 20.0 Å². The summed E-state index contributed by atoms with van der Waals surface area (Å²) in [5, 5.41) is 0. The number of piperazine rings is 1. The molecule has 96 valence electrons. The van der Waals surface area contributed by atoms with Crippen molar-refractivity contribution in [2.75, 3.05) is 38.1 Å². The van der Waals surface area contributed by atoms with Crippen molar-refractivity contribution in [3.8, 4) is 0 Å². The zero-order chi connectivity index (χ0) is 12.7. The minimum Gasteiger partial charge on any atom is -0.354 e. The summed E-state index contributed by atoms with van der Waals surface area (Å²) in [7, 11) is 2.17. The van der Waals surface area contributed by atoms with Gasteiger partial charge in [0.05, 0.1) is 0 Å². The van der Waals surface area contributed by atoms with Gasteiger partial charge >= 0.3 is 0 Å². The number of rotatable bonds is 2. The molecule has 3 nitrogen and oxygen atoms in total. The van der Waals surface area contributed by atoms with E-state index in [-0.39, 0.29) is 0 Å². The first-order valence-corrected chi connectivity index (χ1v) is 6.68. The first-order valence-electron chi connectivity index (χ1n) is 6.68. The zero-order valence-corrected chi connectivity index (χ0v) is 11.6. The Morgan fingerprint density at radius 2 is 1.76 bits per heavy atom. The molecule has 0 amide bonds. The Kier molecular flexibility index (Phi) is 5.98. The Labute approximate surface area is 105 Å². The summed E-state index contributed by atoms with van der Waals surface area (Å²) < 4.78 is 0. The molecule has 0 aromatic carbocycles. The molecular formula is C14H25N3. The number of aromatic nitrogens is 1. The summed E-state index contributed by atoms with van der Waals surface area (Å²) >= 11 is 0. The fraction of sp³-hybridized carbons (Fsp3) is 0.643. The van der Waals surface area contributed by atoms with Gasteiger partial charge in [-0.1, -0.05) is 26.8 Å². The SMILES string of the molecule is CC.CCc1ccc(N2CCN(C)CC2)nc1. The van der Waals surface area contributed by atoms with Crippen molar-refractivity contribution in [3.05, 3.63) is 23.9 Å². The Hall–Kier alpha value is -1.09. The first-order chi connectivity index (χ1) is 8.29. The van der Waals surface area contributed by atoms with E-state index in [1.54, 1.807) is 0 Å². The summed E-state index contributed by atoms with van der Waals surface area (Å²) in [5.41, 5.74) is 1.31. The molecule has 1 aliphatic rings. The van der Waals surface area contributed by atoms with Crippen LogP contribution in [-0.2, 0) is 6.42 Å². The lowest BCUT2D eigenvalue weighted by atomic mass is 10.2. The maximum atomic E-state index is 4.51. The van der Waals surface area contributed by atoms with Crippen LogP contribution in [0, 0.1) is 0 Å². The van der Waals surface area contributed by atoms with E-state index in [0.717, 1.165) is 38.4 Å². The summed E-state index contributed by atoms with van der Waals surface area (Å²) in [5.74, 6) is 1.13. The van der Waals surface area contributed by atoms with Gasteiger partial charge in [0.15, 0.2) is 0 Å². The molecule has 0 aliphatic carbocycles. The predicted octanol–water partition coefficient (Wildman–Crippen LogP) is 2.42. The summed E-state index contributed by atoms with van der Waals surface area (Å²) in [4.78, 5) is 9.22. The molecule has 1 saturated heterocycles. The van der Waals surface area contributed by atoms with Crippen LogP contribution in [0.4, 0.5) is 5.82 Å². The number of hydrogen-bond acceptors (Lipinski definition) is 3. The maximum Gasteiger partial charge on any atom is 0.128 e. The highest BCUT2D eigenvalue weighted by Crippen LogP contribution is 2.13. The fourth-order valence-electron chi connectivity index (χ4n) is 1.85. The molecule has 0 saturated carbocycles. The normalized spacial score (nSPS) is 16.4. The number of likely N-dealkylation sites (N-methyl/N-ethyl adjacent to an activating group) is 1. The van der Waals surface area contributed by atoms with Crippen LogP contribution in [0.2, 0.25) is 0 Å². The minimum absolute atomic E-state index is 1.07. The predicted molar refractivity (Wildman–Crippen MR) is 74.7 cm³/mol. The van der Waals surface area contributed by atoms with Crippen molar-refractivity contribution >= 4 is 5.82 Å². The molecule has 2 rings (SSSR count). The molecule has 3 heteroatoms. The maximum absolute atomic E-state index is 4.51. The van der Waals surface area contributed by atoms with E-state index in [1.165, 1.54) is 5.56 Å². The third-order valence-corrected chi connectivity index (χ3v) is 3.04. The lowest BCUT2D eigenvalue weighted by Crippen LogP contribution is -2.44. The number of aryl methyl sites for hydroxylation is 1. The third-order valence-electron chi connectivity index (χ3n) is 3.04. The number of pyridine rings is 1. The van der Waals surface area contributed by atoms with Gasteiger partial charge in [0.25, 0.3) is 0 Å². The van der Waals surface area contributed by atoms with Gasteiger partial charge in [-0.25, -0.2) is 4.98 Å². The van der Waals surface area contributed by atoms with Gasteiger partial charge < -0.3 is 9.80 Å². The Bertz CT molecular complexity index is 300. The van der Waals surface area contributed by atoms with Crippen LogP contribution < -0.4 is 4.90 Å². The monoisotopic (exact) mass is 235 g/mol. The second kappa shape index (κ2) is 7.28. The highest BCUT2D eigenvalue weighted by atomic mass is 15.3. The largest absolute Gasteiger partial charge is 0.354 e. The Balaban J connectivity index is 0.000000686. The van der Waals surface area contributed by atoms with E-state index in [9.17, 15) is 0 Å². The highest BCUT2D eigenvalue weighted by Gasteiger charge is 2.14. The van der Waals surface area contributed by atoms with Gasteiger partial charge in [0.1, 0.15) is 5.82 Å². The van der Waals surface area contributed by atoms with E-state index in [2.05, 4.69) is 40.9 Å². The molecule has 0 spiro atoms. The van der Waals surface area contributed by atoms with Crippen molar-refractivity contribution in [3.63, 3.8) is 0 Å². The average Bonchev–Trinajstić information content (AvgIpc) is 2.42. The third kappa shape index (κ3) is 4.00. The van der Waals surface area contributed by atoms with Crippen molar-refractivity contribution in [1.82, 2.24) is 9.88 Å². The molecule has 1 aromatic rings. The van der Waals surface area contributed by atoms with Crippen LogP contribution in [0.25, 0.3) is 0 Å². The number of nitrogens with zero attached hydrogens (tertiary/aromatic N) is 3. The van der Waals surface area contributed by atoms with Crippen molar-refractivity contribution in [2.24, 2.45) is 0 Å². The molecule has 17 heavy (non-hydrogen) atoms. The first kappa shape index (κ1) is 14.0. The topological polar surface area (TPSA) is 19.4 Å². The number of hydrogen-bond donors (Lipinski definition) is 0. The Morgan fingerprint density at radius 3 is 2.24 bits per heavy atom. The molecule has 0 bridgehead atoms. The van der Waals surface area contributed by atoms with Gasteiger partial charge in [-0.3, -0.25) is 0 Å². The molecule has 0 N–H and O–H groups in total. The van der Waals surface area contributed by atoms with Crippen LogP contribution in [-0.4, -0.2) is 43.1 Å². The van der Waals surface area contributed by atoms with E-state index in [0.29, 0.717) is 0 Å². The molecule has 2 heterocycles.